The van der Waals surface area contributed by atoms with Crippen molar-refractivity contribution in [1.29, 1.82) is 0 Å². The Morgan fingerprint density at radius 1 is 1.00 bits per heavy atom. The van der Waals surface area contributed by atoms with Crippen molar-refractivity contribution in [2.24, 2.45) is 0 Å². The molecule has 1 aromatic carbocycles. The van der Waals surface area contributed by atoms with E-state index in [4.69, 9.17) is 9.51 Å². The summed E-state index contributed by atoms with van der Waals surface area (Å²) in [6.07, 6.45) is 5.11. The van der Waals surface area contributed by atoms with Crippen LogP contribution in [0.15, 0.2) is 65.4 Å². The number of H-pyrrole nitrogens is 1. The molecule has 7 heteroatoms. The predicted molar refractivity (Wildman–Crippen MR) is 126 cm³/mol. The zero-order valence-corrected chi connectivity index (χ0v) is 18.8. The number of aryl methyl sites for hydroxylation is 3. The van der Waals surface area contributed by atoms with Crippen molar-refractivity contribution in [2.75, 3.05) is 0 Å². The van der Waals surface area contributed by atoms with Gasteiger partial charge in [0.15, 0.2) is 5.60 Å². The normalized spacial score (nSPS) is 11.9. The molecule has 7 nitrogen and oxygen atoms in total. The van der Waals surface area contributed by atoms with Crippen LogP contribution in [-0.4, -0.2) is 30.2 Å². The third-order valence-electron chi connectivity index (χ3n) is 5.91. The lowest BCUT2D eigenvalue weighted by Gasteiger charge is -2.28. The van der Waals surface area contributed by atoms with Gasteiger partial charge in [-0.15, -0.1) is 0 Å². The Labute approximate surface area is 191 Å². The number of aromatic amines is 1. The maximum absolute atomic E-state index is 12.4. The van der Waals surface area contributed by atoms with E-state index >= 15 is 0 Å². The number of rotatable bonds is 6. The SMILES string of the molecule is CCCc1nc2c(C(O)(c3ccccn3)c3ccccn3)cc(-c3c(C)noc3C)cc2[nH]1. The summed E-state index contributed by atoms with van der Waals surface area (Å²) >= 11 is 0. The molecule has 33 heavy (non-hydrogen) atoms. The van der Waals surface area contributed by atoms with Crippen molar-refractivity contribution in [3.63, 3.8) is 0 Å². The number of hydrogen-bond donors (Lipinski definition) is 2. The van der Waals surface area contributed by atoms with Gasteiger partial charge in [0.05, 0.1) is 28.1 Å². The number of nitrogens with one attached hydrogen (secondary N) is 1. The summed E-state index contributed by atoms with van der Waals surface area (Å²) in [5, 5.41) is 16.5. The summed E-state index contributed by atoms with van der Waals surface area (Å²) in [7, 11) is 0. The molecular weight excluding hydrogens is 414 g/mol. The van der Waals surface area contributed by atoms with Gasteiger partial charge in [0.25, 0.3) is 0 Å². The van der Waals surface area contributed by atoms with E-state index in [1.807, 2.05) is 62.4 Å². The Hall–Kier alpha value is -3.84. The molecule has 0 amide bonds. The number of aromatic nitrogens is 5. The lowest BCUT2D eigenvalue weighted by atomic mass is 9.83. The number of pyridine rings is 2. The van der Waals surface area contributed by atoms with Crippen molar-refractivity contribution < 1.29 is 9.63 Å². The number of nitrogens with zero attached hydrogens (tertiary/aromatic N) is 4. The molecular formula is C26H25N5O2. The van der Waals surface area contributed by atoms with E-state index in [0.717, 1.165) is 41.0 Å². The van der Waals surface area contributed by atoms with Crippen LogP contribution in [-0.2, 0) is 12.0 Å². The summed E-state index contributed by atoms with van der Waals surface area (Å²) in [5.74, 6) is 1.58. The highest BCUT2D eigenvalue weighted by molar-refractivity contribution is 5.88. The molecule has 0 saturated heterocycles. The van der Waals surface area contributed by atoms with E-state index in [1.165, 1.54) is 0 Å². The van der Waals surface area contributed by atoms with Gasteiger partial charge in [-0.05, 0) is 62.2 Å². The average Bonchev–Trinajstić information content (AvgIpc) is 3.41. The van der Waals surface area contributed by atoms with Gasteiger partial charge in [0.2, 0.25) is 0 Å². The highest BCUT2D eigenvalue weighted by Crippen LogP contribution is 2.41. The highest BCUT2D eigenvalue weighted by atomic mass is 16.5. The minimum atomic E-state index is -1.62. The van der Waals surface area contributed by atoms with E-state index in [9.17, 15) is 5.11 Å². The van der Waals surface area contributed by atoms with Gasteiger partial charge >= 0.3 is 0 Å². The zero-order chi connectivity index (χ0) is 23.0. The van der Waals surface area contributed by atoms with E-state index < -0.39 is 5.60 Å². The van der Waals surface area contributed by atoms with E-state index in [1.54, 1.807) is 12.4 Å². The van der Waals surface area contributed by atoms with Crippen molar-refractivity contribution in [3.05, 3.63) is 95.2 Å². The maximum Gasteiger partial charge on any atom is 0.176 e. The Balaban J connectivity index is 1.87. The Kier molecular flexibility index (Phi) is 5.26. The van der Waals surface area contributed by atoms with Crippen LogP contribution in [0.2, 0.25) is 0 Å². The van der Waals surface area contributed by atoms with Crippen LogP contribution in [0.5, 0.6) is 0 Å². The average molecular weight is 440 g/mol. The maximum atomic E-state index is 12.4. The van der Waals surface area contributed by atoms with Crippen molar-refractivity contribution in [2.45, 2.75) is 39.2 Å². The minimum absolute atomic E-state index is 0.473. The van der Waals surface area contributed by atoms with Crippen LogP contribution < -0.4 is 0 Å². The zero-order valence-electron chi connectivity index (χ0n) is 18.8. The molecule has 166 valence electrons. The lowest BCUT2D eigenvalue weighted by molar-refractivity contribution is 0.117. The van der Waals surface area contributed by atoms with Gasteiger partial charge in [0, 0.05) is 29.9 Å². The van der Waals surface area contributed by atoms with Gasteiger partial charge < -0.3 is 14.6 Å². The monoisotopic (exact) mass is 439 g/mol. The molecule has 2 N–H and O–H groups in total. The summed E-state index contributed by atoms with van der Waals surface area (Å²) in [4.78, 5) is 17.4. The lowest BCUT2D eigenvalue weighted by Crippen LogP contribution is -2.31. The van der Waals surface area contributed by atoms with Crippen molar-refractivity contribution in [1.82, 2.24) is 25.1 Å². The number of hydrogen-bond acceptors (Lipinski definition) is 6. The number of fused-ring (bicyclic) bond motifs is 1. The van der Waals surface area contributed by atoms with Crippen LogP contribution in [0.4, 0.5) is 0 Å². The first kappa shape index (κ1) is 21.0. The number of benzene rings is 1. The Bertz CT molecular complexity index is 1350. The quantitative estimate of drug-likeness (QED) is 0.392. The highest BCUT2D eigenvalue weighted by Gasteiger charge is 2.39. The van der Waals surface area contributed by atoms with Gasteiger partial charge in [-0.2, -0.15) is 0 Å². The predicted octanol–water partition coefficient (Wildman–Crippen LogP) is 4.86. The minimum Gasteiger partial charge on any atom is -0.373 e. The van der Waals surface area contributed by atoms with Gasteiger partial charge in [0.1, 0.15) is 11.6 Å². The Morgan fingerprint density at radius 2 is 1.70 bits per heavy atom. The number of aliphatic hydroxyl groups is 1. The molecule has 0 aliphatic rings. The van der Waals surface area contributed by atoms with Crippen LogP contribution in [0.1, 0.15) is 47.6 Å². The molecule has 0 aliphatic carbocycles. The van der Waals surface area contributed by atoms with E-state index in [0.29, 0.717) is 28.2 Å². The fraction of sp³-hybridized carbons (Fsp3) is 0.231. The van der Waals surface area contributed by atoms with E-state index in [-0.39, 0.29) is 0 Å². The molecule has 5 rings (SSSR count). The molecule has 0 unspecified atom stereocenters. The third kappa shape index (κ3) is 3.50. The van der Waals surface area contributed by atoms with Crippen LogP contribution >= 0.6 is 0 Å². The standard InChI is InChI=1S/C26H25N5O2/c1-4-9-23-29-20-15-18(24-16(2)31-33-17(24)3)14-19(25(20)30-23)26(32,21-10-5-7-12-27-21)22-11-6-8-13-28-22/h5-8,10-15,32H,4,9H2,1-3H3,(H,29,30). The molecule has 5 aromatic rings. The largest absolute Gasteiger partial charge is 0.373 e. The molecule has 0 saturated carbocycles. The first-order valence-electron chi connectivity index (χ1n) is 11.0. The summed E-state index contributed by atoms with van der Waals surface area (Å²) < 4.78 is 5.44. The second-order valence-corrected chi connectivity index (χ2v) is 8.19. The molecule has 0 radical (unpaired) electrons. The van der Waals surface area contributed by atoms with E-state index in [2.05, 4.69) is 27.0 Å². The third-order valence-corrected chi connectivity index (χ3v) is 5.91. The summed E-state index contributed by atoms with van der Waals surface area (Å²) in [6, 6.07) is 15.0. The van der Waals surface area contributed by atoms with Gasteiger partial charge in [-0.1, -0.05) is 24.2 Å². The molecule has 0 bridgehead atoms. The second-order valence-electron chi connectivity index (χ2n) is 8.19. The van der Waals surface area contributed by atoms with Crippen molar-refractivity contribution in [3.8, 4) is 11.1 Å². The first-order valence-corrected chi connectivity index (χ1v) is 11.0. The molecule has 0 fully saturated rings. The fourth-order valence-corrected chi connectivity index (χ4v) is 4.40. The molecule has 0 spiro atoms. The molecule has 0 atom stereocenters. The van der Waals surface area contributed by atoms with Crippen molar-refractivity contribution >= 4 is 11.0 Å². The number of imidazole rings is 1. The van der Waals surface area contributed by atoms with Crippen LogP contribution in [0.25, 0.3) is 22.2 Å². The molecule has 4 heterocycles. The van der Waals surface area contributed by atoms with Gasteiger partial charge in [-0.3, -0.25) is 9.97 Å². The van der Waals surface area contributed by atoms with Crippen LogP contribution in [0.3, 0.4) is 0 Å². The smallest absolute Gasteiger partial charge is 0.176 e. The Morgan fingerprint density at radius 3 is 2.24 bits per heavy atom. The molecule has 4 aromatic heterocycles. The molecule has 0 aliphatic heterocycles. The first-order chi connectivity index (χ1) is 16.0. The van der Waals surface area contributed by atoms with Crippen LogP contribution in [0, 0.1) is 13.8 Å². The van der Waals surface area contributed by atoms with Gasteiger partial charge in [-0.25, -0.2) is 4.98 Å². The summed E-state index contributed by atoms with van der Waals surface area (Å²) in [6.45, 7) is 5.91. The topological polar surface area (TPSA) is 101 Å². The fourth-order valence-electron chi connectivity index (χ4n) is 4.40. The second kappa shape index (κ2) is 8.26. The summed E-state index contributed by atoms with van der Waals surface area (Å²) in [5.41, 5.74) is 4.01.